The van der Waals surface area contributed by atoms with Crippen LogP contribution in [0, 0.1) is 0 Å². The van der Waals surface area contributed by atoms with Gasteiger partial charge in [0.1, 0.15) is 6.61 Å². The molecule has 19 heavy (non-hydrogen) atoms. The molecule has 1 N–H and O–H groups in total. The van der Waals surface area contributed by atoms with E-state index in [9.17, 15) is 4.79 Å². The number of carbonyl (C=O) groups is 1. The van der Waals surface area contributed by atoms with Crippen molar-refractivity contribution in [2.24, 2.45) is 0 Å². The Hall–Kier alpha value is -1.35. The summed E-state index contributed by atoms with van der Waals surface area (Å²) in [6.07, 6.45) is 6.48. The topological polar surface area (TPSA) is 38.3 Å². The van der Waals surface area contributed by atoms with Gasteiger partial charge >= 0.3 is 5.97 Å². The lowest BCUT2D eigenvalue weighted by Gasteiger charge is -2.26. The average molecular weight is 261 g/mol. The zero-order chi connectivity index (χ0) is 13.5. The SMILES string of the molecule is C[C@H](COC(=O)c1ccccc1)NC1CCCCC1. The summed E-state index contributed by atoms with van der Waals surface area (Å²) in [6, 6.07) is 9.96. The third-order valence-corrected chi connectivity index (χ3v) is 3.60. The van der Waals surface area contributed by atoms with Gasteiger partial charge in [0.15, 0.2) is 0 Å². The standard InChI is InChI=1S/C16H23NO2/c1-13(17-15-10-6-3-7-11-15)12-19-16(18)14-8-4-2-5-9-14/h2,4-5,8-9,13,15,17H,3,6-7,10-12H2,1H3/t13-/m1/s1. The third-order valence-electron chi connectivity index (χ3n) is 3.60. The van der Waals surface area contributed by atoms with Crippen LogP contribution in [0.15, 0.2) is 30.3 Å². The van der Waals surface area contributed by atoms with E-state index in [1.165, 1.54) is 32.1 Å². The first-order chi connectivity index (χ1) is 9.25. The molecule has 3 nitrogen and oxygen atoms in total. The maximum absolute atomic E-state index is 11.8. The van der Waals surface area contributed by atoms with Crippen LogP contribution in [0.5, 0.6) is 0 Å². The second-order valence-electron chi connectivity index (χ2n) is 5.37. The lowest BCUT2D eigenvalue weighted by atomic mass is 9.95. The van der Waals surface area contributed by atoms with Crippen molar-refractivity contribution in [3.05, 3.63) is 35.9 Å². The molecule has 0 bridgehead atoms. The maximum Gasteiger partial charge on any atom is 0.338 e. The second kappa shape index (κ2) is 7.29. The van der Waals surface area contributed by atoms with Crippen LogP contribution in [0.4, 0.5) is 0 Å². The Morgan fingerprint density at radius 3 is 2.63 bits per heavy atom. The molecule has 0 saturated heterocycles. The van der Waals surface area contributed by atoms with E-state index in [0.717, 1.165) is 0 Å². The number of ether oxygens (including phenoxy) is 1. The van der Waals surface area contributed by atoms with Crippen LogP contribution in [0.3, 0.4) is 0 Å². The molecule has 1 aliphatic rings. The zero-order valence-electron chi connectivity index (χ0n) is 11.6. The summed E-state index contributed by atoms with van der Waals surface area (Å²) < 4.78 is 5.33. The fourth-order valence-electron chi connectivity index (χ4n) is 2.58. The van der Waals surface area contributed by atoms with Gasteiger partial charge in [-0.15, -0.1) is 0 Å². The minimum absolute atomic E-state index is 0.218. The van der Waals surface area contributed by atoms with E-state index in [0.29, 0.717) is 18.2 Å². The van der Waals surface area contributed by atoms with Gasteiger partial charge in [0.05, 0.1) is 5.56 Å². The molecule has 1 aromatic rings. The van der Waals surface area contributed by atoms with Crippen molar-refractivity contribution >= 4 is 5.97 Å². The molecule has 0 unspecified atom stereocenters. The molecular weight excluding hydrogens is 238 g/mol. The molecule has 104 valence electrons. The normalized spacial score (nSPS) is 17.9. The van der Waals surface area contributed by atoms with Crippen molar-refractivity contribution in [3.63, 3.8) is 0 Å². The molecular formula is C16H23NO2. The van der Waals surface area contributed by atoms with E-state index in [-0.39, 0.29) is 12.0 Å². The van der Waals surface area contributed by atoms with E-state index in [2.05, 4.69) is 12.2 Å². The molecule has 0 aromatic heterocycles. The lowest BCUT2D eigenvalue weighted by Crippen LogP contribution is -2.40. The minimum atomic E-state index is -0.238. The molecule has 1 atom stereocenters. The van der Waals surface area contributed by atoms with Crippen LogP contribution in [0.25, 0.3) is 0 Å². The number of nitrogens with one attached hydrogen (secondary N) is 1. The van der Waals surface area contributed by atoms with Crippen molar-refractivity contribution < 1.29 is 9.53 Å². The Bertz CT molecular complexity index is 385. The van der Waals surface area contributed by atoms with Crippen LogP contribution in [0.2, 0.25) is 0 Å². The molecule has 0 aliphatic heterocycles. The van der Waals surface area contributed by atoms with Crippen molar-refractivity contribution in [2.75, 3.05) is 6.61 Å². The van der Waals surface area contributed by atoms with Crippen molar-refractivity contribution in [2.45, 2.75) is 51.1 Å². The molecule has 0 heterocycles. The molecule has 1 saturated carbocycles. The van der Waals surface area contributed by atoms with Gasteiger partial charge in [-0.25, -0.2) is 4.79 Å². The molecule has 3 heteroatoms. The summed E-state index contributed by atoms with van der Waals surface area (Å²) in [7, 11) is 0. The fourth-order valence-corrected chi connectivity index (χ4v) is 2.58. The molecule has 0 amide bonds. The monoisotopic (exact) mass is 261 g/mol. The first-order valence-electron chi connectivity index (χ1n) is 7.24. The van der Waals surface area contributed by atoms with Gasteiger partial charge < -0.3 is 10.1 Å². The zero-order valence-corrected chi connectivity index (χ0v) is 11.6. The smallest absolute Gasteiger partial charge is 0.338 e. The Balaban J connectivity index is 1.71. The number of benzene rings is 1. The van der Waals surface area contributed by atoms with Crippen LogP contribution < -0.4 is 5.32 Å². The molecule has 1 aromatic carbocycles. The number of esters is 1. The predicted octanol–water partition coefficient (Wildman–Crippen LogP) is 3.15. The highest BCUT2D eigenvalue weighted by Gasteiger charge is 2.16. The highest BCUT2D eigenvalue weighted by Crippen LogP contribution is 2.17. The highest BCUT2D eigenvalue weighted by molar-refractivity contribution is 5.89. The Morgan fingerprint density at radius 2 is 1.95 bits per heavy atom. The van der Waals surface area contributed by atoms with Gasteiger partial charge in [-0.05, 0) is 31.9 Å². The van der Waals surface area contributed by atoms with Gasteiger partial charge in [0, 0.05) is 12.1 Å². The van der Waals surface area contributed by atoms with Crippen LogP contribution >= 0.6 is 0 Å². The summed E-state index contributed by atoms with van der Waals surface area (Å²) in [5, 5.41) is 3.55. The van der Waals surface area contributed by atoms with Gasteiger partial charge in [0.25, 0.3) is 0 Å². The molecule has 0 spiro atoms. The highest BCUT2D eigenvalue weighted by atomic mass is 16.5. The molecule has 2 rings (SSSR count). The van der Waals surface area contributed by atoms with Gasteiger partial charge in [-0.3, -0.25) is 0 Å². The predicted molar refractivity (Wildman–Crippen MR) is 76.2 cm³/mol. The van der Waals surface area contributed by atoms with E-state index in [1.54, 1.807) is 12.1 Å². The number of hydrogen-bond donors (Lipinski definition) is 1. The van der Waals surface area contributed by atoms with E-state index in [1.807, 2.05) is 18.2 Å². The quantitative estimate of drug-likeness (QED) is 0.827. The summed E-state index contributed by atoms with van der Waals surface area (Å²) in [4.78, 5) is 11.8. The largest absolute Gasteiger partial charge is 0.460 e. The molecule has 1 fully saturated rings. The first-order valence-corrected chi connectivity index (χ1v) is 7.24. The third kappa shape index (κ3) is 4.67. The van der Waals surface area contributed by atoms with Crippen molar-refractivity contribution in [1.82, 2.24) is 5.32 Å². The van der Waals surface area contributed by atoms with Crippen molar-refractivity contribution in [1.29, 1.82) is 0 Å². The van der Waals surface area contributed by atoms with Crippen molar-refractivity contribution in [3.8, 4) is 0 Å². The lowest BCUT2D eigenvalue weighted by molar-refractivity contribution is 0.0464. The van der Waals surface area contributed by atoms with Gasteiger partial charge in [-0.2, -0.15) is 0 Å². The average Bonchev–Trinajstić information content (AvgIpc) is 2.47. The van der Waals surface area contributed by atoms with Crippen LogP contribution in [0.1, 0.15) is 49.4 Å². The van der Waals surface area contributed by atoms with Gasteiger partial charge in [-0.1, -0.05) is 37.5 Å². The van der Waals surface area contributed by atoms with E-state index in [4.69, 9.17) is 4.74 Å². The molecule has 1 aliphatic carbocycles. The fraction of sp³-hybridized carbons (Fsp3) is 0.562. The minimum Gasteiger partial charge on any atom is -0.460 e. The van der Waals surface area contributed by atoms with E-state index < -0.39 is 0 Å². The number of rotatable bonds is 5. The summed E-state index contributed by atoms with van der Waals surface area (Å²) in [5.74, 6) is -0.238. The second-order valence-corrected chi connectivity index (χ2v) is 5.37. The summed E-state index contributed by atoms with van der Waals surface area (Å²) in [5.41, 5.74) is 0.618. The van der Waals surface area contributed by atoms with Crippen LogP contribution in [-0.4, -0.2) is 24.7 Å². The summed E-state index contributed by atoms with van der Waals surface area (Å²) in [6.45, 7) is 2.51. The summed E-state index contributed by atoms with van der Waals surface area (Å²) >= 11 is 0. The van der Waals surface area contributed by atoms with E-state index >= 15 is 0 Å². The van der Waals surface area contributed by atoms with Crippen LogP contribution in [-0.2, 0) is 4.74 Å². The Labute approximate surface area is 115 Å². The first kappa shape index (κ1) is 14.1. The Morgan fingerprint density at radius 1 is 1.26 bits per heavy atom. The van der Waals surface area contributed by atoms with Gasteiger partial charge in [0.2, 0.25) is 0 Å². The number of hydrogen-bond acceptors (Lipinski definition) is 3. The molecule has 0 radical (unpaired) electrons. The Kier molecular flexibility index (Phi) is 5.40. The number of carbonyl (C=O) groups excluding carboxylic acids is 1. The maximum atomic E-state index is 11.8.